The molecule has 0 amide bonds. The average Bonchev–Trinajstić information content (AvgIpc) is 2.83. The number of aromatic nitrogens is 2. The minimum Gasteiger partial charge on any atom is -0.465 e. The van der Waals surface area contributed by atoms with Crippen molar-refractivity contribution in [3.05, 3.63) is 52.6 Å². The molecule has 200 valence electrons. The molecule has 0 saturated carbocycles. The third-order valence-electron chi connectivity index (χ3n) is 6.96. The molecule has 4 nitrogen and oxygen atoms in total. The molecule has 0 aliphatic carbocycles. The maximum atomic E-state index is 12.4. The normalized spacial score (nSPS) is 16.3. The minimum atomic E-state index is -0.425. The first-order valence-electron chi connectivity index (χ1n) is 14.0. The van der Waals surface area contributed by atoms with E-state index >= 15 is 0 Å². The Morgan fingerprint density at radius 1 is 1.03 bits per heavy atom. The second kappa shape index (κ2) is 13.0. The Balaban J connectivity index is 1.92. The molecule has 1 aliphatic rings. The van der Waals surface area contributed by atoms with Gasteiger partial charge >= 0.3 is 5.97 Å². The van der Waals surface area contributed by atoms with Crippen LogP contribution in [0.1, 0.15) is 127 Å². The number of carbonyl (C=O) groups excluding carboxylic acids is 1. The molecule has 1 atom stereocenters. The predicted octanol–water partition coefficient (Wildman–Crippen LogP) is 8.00. The topological polar surface area (TPSA) is 52.1 Å². The Labute approximate surface area is 228 Å². The Morgan fingerprint density at radius 3 is 2.41 bits per heavy atom. The number of unbranched alkanes of at least 4 members (excludes halogenated alkanes) is 3. The highest BCUT2D eigenvalue weighted by Gasteiger charge is 2.38. The maximum absolute atomic E-state index is 12.4. The first kappa shape index (κ1) is 29.2. The van der Waals surface area contributed by atoms with Crippen LogP contribution < -0.4 is 0 Å². The van der Waals surface area contributed by atoms with E-state index in [1.807, 2.05) is 25.6 Å². The van der Waals surface area contributed by atoms with Gasteiger partial charge in [-0.25, -0.2) is 9.97 Å². The first-order valence-corrected chi connectivity index (χ1v) is 14.8. The van der Waals surface area contributed by atoms with Gasteiger partial charge in [0.2, 0.25) is 0 Å². The summed E-state index contributed by atoms with van der Waals surface area (Å²) in [5.74, 6) is 6.60. The lowest BCUT2D eigenvalue weighted by Gasteiger charge is -2.42. The standard InChI is InChI=1S/C32H44N2O2S/c1-8-11-12-13-15-24-19-28-27(31(4,5)22-32(6,7)37-28)18-25(24)17-16-23-20-33-29(34-21-23)26(14-9-2)30(35)36-10-3/h18-21,26H,8-15,22H2,1-7H3. The van der Waals surface area contributed by atoms with Crippen LogP contribution in [-0.4, -0.2) is 27.3 Å². The second-order valence-electron chi connectivity index (χ2n) is 11.4. The maximum Gasteiger partial charge on any atom is 0.316 e. The second-order valence-corrected chi connectivity index (χ2v) is 13.2. The fourth-order valence-corrected chi connectivity index (χ4v) is 7.07. The van der Waals surface area contributed by atoms with Gasteiger partial charge in [0, 0.05) is 27.6 Å². The zero-order valence-electron chi connectivity index (χ0n) is 23.9. The summed E-state index contributed by atoms with van der Waals surface area (Å²) in [5, 5.41) is 0. The van der Waals surface area contributed by atoms with E-state index in [4.69, 9.17) is 4.74 Å². The van der Waals surface area contributed by atoms with Crippen molar-refractivity contribution in [3.8, 4) is 11.8 Å². The number of nitrogens with zero attached hydrogens (tertiary/aromatic N) is 2. The van der Waals surface area contributed by atoms with E-state index < -0.39 is 5.92 Å². The third-order valence-corrected chi connectivity index (χ3v) is 8.22. The van der Waals surface area contributed by atoms with Crippen LogP contribution in [0.2, 0.25) is 0 Å². The number of thioether (sulfide) groups is 1. The van der Waals surface area contributed by atoms with Gasteiger partial charge in [0.15, 0.2) is 0 Å². The minimum absolute atomic E-state index is 0.105. The van der Waals surface area contributed by atoms with Crippen LogP contribution in [-0.2, 0) is 21.4 Å². The largest absolute Gasteiger partial charge is 0.465 e. The van der Waals surface area contributed by atoms with Gasteiger partial charge in [-0.3, -0.25) is 4.79 Å². The average molecular weight is 521 g/mol. The summed E-state index contributed by atoms with van der Waals surface area (Å²) in [7, 11) is 0. The lowest BCUT2D eigenvalue weighted by Crippen LogP contribution is -2.33. The van der Waals surface area contributed by atoms with Crippen LogP contribution in [0.5, 0.6) is 0 Å². The molecular formula is C32H44N2O2S. The SMILES string of the molecule is CCCCCCc1cc2c(cc1C#Cc1cnc(C(CCC)C(=O)OCC)nc1)C(C)(C)CC(C)(C)S2. The molecule has 0 saturated heterocycles. The molecule has 0 N–H and O–H groups in total. The summed E-state index contributed by atoms with van der Waals surface area (Å²) in [5.41, 5.74) is 4.72. The predicted molar refractivity (Wildman–Crippen MR) is 154 cm³/mol. The van der Waals surface area contributed by atoms with Crippen molar-refractivity contribution in [2.75, 3.05) is 6.61 Å². The fraction of sp³-hybridized carbons (Fsp3) is 0.594. The molecule has 2 aromatic rings. The number of hydrogen-bond acceptors (Lipinski definition) is 5. The van der Waals surface area contributed by atoms with Crippen molar-refractivity contribution in [2.45, 2.75) is 121 Å². The van der Waals surface area contributed by atoms with E-state index in [0.29, 0.717) is 18.9 Å². The van der Waals surface area contributed by atoms with Gasteiger partial charge in [-0.2, -0.15) is 0 Å². The lowest BCUT2D eigenvalue weighted by molar-refractivity contribution is -0.145. The molecule has 0 fully saturated rings. The number of benzene rings is 1. The van der Waals surface area contributed by atoms with Crippen LogP contribution >= 0.6 is 11.8 Å². The molecule has 0 bridgehead atoms. The van der Waals surface area contributed by atoms with Crippen LogP contribution in [0.3, 0.4) is 0 Å². The lowest BCUT2D eigenvalue weighted by atomic mass is 9.76. The quantitative estimate of drug-likeness (QED) is 0.180. The van der Waals surface area contributed by atoms with Crippen molar-refractivity contribution in [3.63, 3.8) is 0 Å². The molecule has 1 aromatic carbocycles. The summed E-state index contributed by atoms with van der Waals surface area (Å²) in [6.45, 7) is 15.9. The van der Waals surface area contributed by atoms with Crippen LogP contribution in [0, 0.1) is 11.8 Å². The van der Waals surface area contributed by atoms with Gasteiger partial charge in [-0.1, -0.05) is 79.1 Å². The molecular weight excluding hydrogens is 476 g/mol. The zero-order valence-corrected chi connectivity index (χ0v) is 24.7. The summed E-state index contributed by atoms with van der Waals surface area (Å²) >= 11 is 2.01. The highest BCUT2D eigenvalue weighted by atomic mass is 32.2. The number of aryl methyl sites for hydroxylation is 1. The Morgan fingerprint density at radius 2 is 1.76 bits per heavy atom. The van der Waals surface area contributed by atoms with E-state index in [1.54, 1.807) is 12.4 Å². The van der Waals surface area contributed by atoms with Gasteiger partial charge in [-0.15, -0.1) is 11.8 Å². The van der Waals surface area contributed by atoms with E-state index in [1.165, 1.54) is 41.7 Å². The summed E-state index contributed by atoms with van der Waals surface area (Å²) < 4.78 is 5.46. The van der Waals surface area contributed by atoms with Crippen LogP contribution in [0.25, 0.3) is 0 Å². The van der Waals surface area contributed by atoms with Gasteiger partial charge in [-0.05, 0) is 61.3 Å². The highest BCUT2D eigenvalue weighted by Crippen LogP contribution is 2.51. The van der Waals surface area contributed by atoms with Crippen LogP contribution in [0.15, 0.2) is 29.4 Å². The van der Waals surface area contributed by atoms with E-state index in [2.05, 4.69) is 68.6 Å². The molecule has 37 heavy (non-hydrogen) atoms. The highest BCUT2D eigenvalue weighted by molar-refractivity contribution is 8.00. The van der Waals surface area contributed by atoms with Gasteiger partial charge < -0.3 is 4.74 Å². The molecule has 1 aromatic heterocycles. The molecule has 3 rings (SSSR count). The molecule has 0 radical (unpaired) electrons. The van der Waals surface area contributed by atoms with Crippen molar-refractivity contribution < 1.29 is 9.53 Å². The molecule has 2 heterocycles. The van der Waals surface area contributed by atoms with Gasteiger partial charge in [0.25, 0.3) is 0 Å². The van der Waals surface area contributed by atoms with E-state index in [0.717, 1.165) is 30.4 Å². The number of esters is 1. The molecule has 1 aliphatic heterocycles. The summed E-state index contributed by atoms with van der Waals surface area (Å²) in [6.07, 6.45) is 12.1. The number of ether oxygens (including phenoxy) is 1. The number of fused-ring (bicyclic) bond motifs is 1. The van der Waals surface area contributed by atoms with Crippen molar-refractivity contribution >= 4 is 17.7 Å². The number of carbonyl (C=O) groups is 1. The number of rotatable bonds is 10. The van der Waals surface area contributed by atoms with Crippen molar-refractivity contribution in [2.24, 2.45) is 0 Å². The first-order chi connectivity index (χ1) is 17.6. The Hall–Kier alpha value is -2.32. The smallest absolute Gasteiger partial charge is 0.316 e. The Kier molecular flexibility index (Phi) is 10.2. The van der Waals surface area contributed by atoms with E-state index in [9.17, 15) is 4.79 Å². The van der Waals surface area contributed by atoms with Crippen molar-refractivity contribution in [1.82, 2.24) is 9.97 Å². The van der Waals surface area contributed by atoms with Gasteiger partial charge in [0.1, 0.15) is 11.7 Å². The van der Waals surface area contributed by atoms with Gasteiger partial charge in [0.05, 0.1) is 12.2 Å². The Bertz CT molecular complexity index is 1130. The third kappa shape index (κ3) is 7.84. The molecule has 1 unspecified atom stereocenters. The van der Waals surface area contributed by atoms with E-state index in [-0.39, 0.29) is 16.1 Å². The summed E-state index contributed by atoms with van der Waals surface area (Å²) in [6, 6.07) is 4.75. The zero-order chi connectivity index (χ0) is 27.1. The van der Waals surface area contributed by atoms with Crippen LogP contribution in [0.4, 0.5) is 0 Å². The monoisotopic (exact) mass is 520 g/mol. The number of hydrogen-bond donors (Lipinski definition) is 0. The van der Waals surface area contributed by atoms with Crippen molar-refractivity contribution in [1.29, 1.82) is 0 Å². The molecule has 0 spiro atoms. The fourth-order valence-electron chi connectivity index (χ4n) is 5.40. The molecule has 5 heteroatoms. The summed E-state index contributed by atoms with van der Waals surface area (Å²) in [4.78, 5) is 22.8.